The Labute approximate surface area is 184 Å². The van der Waals surface area contributed by atoms with Crippen molar-refractivity contribution in [1.29, 1.82) is 0 Å². The number of benzene rings is 2. The molecule has 1 saturated carbocycles. The highest BCUT2D eigenvalue weighted by Crippen LogP contribution is 2.31. The highest BCUT2D eigenvalue weighted by Gasteiger charge is 2.27. The predicted octanol–water partition coefficient (Wildman–Crippen LogP) is 4.94. The van der Waals surface area contributed by atoms with Gasteiger partial charge in [-0.05, 0) is 48.7 Å². The zero-order valence-electron chi connectivity index (χ0n) is 16.1. The summed E-state index contributed by atoms with van der Waals surface area (Å²) in [6.45, 7) is 4.73. The number of hydrogen-bond acceptors (Lipinski definition) is 5. The Bertz CT molecular complexity index is 1030. The van der Waals surface area contributed by atoms with Crippen LogP contribution in [-0.4, -0.2) is 47.1 Å². The normalized spacial score (nSPS) is 17.7. The van der Waals surface area contributed by atoms with Crippen LogP contribution < -0.4 is 10.2 Å². The molecule has 0 radical (unpaired) electrons. The van der Waals surface area contributed by atoms with Gasteiger partial charge >= 0.3 is 0 Å². The largest absolute Gasteiger partial charge is 0.364 e. The van der Waals surface area contributed by atoms with Crippen LogP contribution in [-0.2, 0) is 6.54 Å². The molecule has 3 aromatic rings. The monoisotopic (exact) mass is 471 g/mol. The zero-order valence-corrected chi connectivity index (χ0v) is 18.5. The third kappa shape index (κ3) is 4.34. The summed E-state index contributed by atoms with van der Waals surface area (Å²) in [5.41, 5.74) is 3.13. The number of nitrogens with one attached hydrogen (secondary N) is 1. The Morgan fingerprint density at radius 2 is 1.72 bits per heavy atom. The van der Waals surface area contributed by atoms with Crippen LogP contribution in [0.4, 0.5) is 11.6 Å². The van der Waals surface area contributed by atoms with Crippen LogP contribution in [0, 0.1) is 0 Å². The molecule has 1 aliphatic heterocycles. The van der Waals surface area contributed by atoms with Gasteiger partial charge in [-0.15, -0.1) is 0 Å². The second-order valence-electron chi connectivity index (χ2n) is 7.80. The van der Waals surface area contributed by atoms with Crippen molar-refractivity contribution < 1.29 is 0 Å². The lowest BCUT2D eigenvalue weighted by Gasteiger charge is -2.36. The molecule has 150 valence electrons. The second kappa shape index (κ2) is 8.09. The van der Waals surface area contributed by atoms with Crippen molar-refractivity contribution in [2.45, 2.75) is 25.4 Å². The molecule has 0 atom stereocenters. The van der Waals surface area contributed by atoms with E-state index in [1.165, 1.54) is 18.4 Å². The third-order valence-corrected chi connectivity index (χ3v) is 6.55. The predicted molar refractivity (Wildman–Crippen MR) is 123 cm³/mol. The molecule has 0 unspecified atom stereocenters. The fourth-order valence-corrected chi connectivity index (χ4v) is 4.32. The highest BCUT2D eigenvalue weighted by molar-refractivity contribution is 9.10. The van der Waals surface area contributed by atoms with Gasteiger partial charge in [0.15, 0.2) is 11.6 Å². The average Bonchev–Trinajstić information content (AvgIpc) is 3.55. The first-order valence-electron chi connectivity index (χ1n) is 10.1. The molecule has 0 amide bonds. The summed E-state index contributed by atoms with van der Waals surface area (Å²) in [5.74, 6) is 1.91. The first kappa shape index (κ1) is 19.1. The number of halogens is 2. The summed E-state index contributed by atoms with van der Waals surface area (Å²) in [5, 5.41) is 4.37. The molecule has 1 aromatic heterocycles. The molecule has 7 heteroatoms. The minimum absolute atomic E-state index is 0.547. The maximum atomic E-state index is 6.18. The van der Waals surface area contributed by atoms with Gasteiger partial charge < -0.3 is 10.2 Å². The summed E-state index contributed by atoms with van der Waals surface area (Å²) in [7, 11) is 0. The van der Waals surface area contributed by atoms with E-state index in [2.05, 4.69) is 31.0 Å². The molecule has 0 spiro atoms. The molecule has 0 bridgehead atoms. The zero-order chi connectivity index (χ0) is 19.8. The van der Waals surface area contributed by atoms with Crippen molar-refractivity contribution in [3.63, 3.8) is 0 Å². The van der Waals surface area contributed by atoms with Crippen molar-refractivity contribution in [2.75, 3.05) is 36.4 Å². The van der Waals surface area contributed by atoms with Gasteiger partial charge in [0.1, 0.15) is 0 Å². The molecule has 2 aliphatic rings. The Morgan fingerprint density at radius 1 is 1.00 bits per heavy atom. The molecule has 29 heavy (non-hydrogen) atoms. The molecule has 2 fully saturated rings. The molecule has 2 heterocycles. The quantitative estimate of drug-likeness (QED) is 0.570. The maximum absolute atomic E-state index is 6.18. The summed E-state index contributed by atoms with van der Waals surface area (Å²) in [4.78, 5) is 14.7. The minimum Gasteiger partial charge on any atom is -0.364 e. The van der Waals surface area contributed by atoms with E-state index in [-0.39, 0.29) is 0 Å². The molecular weight excluding hydrogens is 450 g/mol. The van der Waals surface area contributed by atoms with E-state index in [1.54, 1.807) is 0 Å². The standard InChI is InChI=1S/C22H23BrClN5/c23-18-8-5-16(24)13-15(18)14-28-9-11-29(12-10-28)22-21(25-17-6-7-17)26-19-3-1-2-4-20(19)27-22/h1-5,8,13,17H,6-7,9-12,14H2,(H,25,26). The fraction of sp³-hybridized carbons (Fsp3) is 0.364. The maximum Gasteiger partial charge on any atom is 0.172 e. The molecule has 5 rings (SSSR count). The van der Waals surface area contributed by atoms with Gasteiger partial charge in [-0.3, -0.25) is 4.90 Å². The van der Waals surface area contributed by atoms with Gasteiger partial charge in [0.2, 0.25) is 0 Å². The van der Waals surface area contributed by atoms with Crippen molar-refractivity contribution in [1.82, 2.24) is 14.9 Å². The van der Waals surface area contributed by atoms with Gasteiger partial charge in [0.05, 0.1) is 11.0 Å². The first-order valence-corrected chi connectivity index (χ1v) is 11.3. The number of rotatable bonds is 5. The Balaban J connectivity index is 1.33. The minimum atomic E-state index is 0.547. The van der Waals surface area contributed by atoms with Crippen LogP contribution in [0.3, 0.4) is 0 Å². The molecule has 1 N–H and O–H groups in total. The lowest BCUT2D eigenvalue weighted by molar-refractivity contribution is 0.249. The number of piperazine rings is 1. The van der Waals surface area contributed by atoms with Crippen LogP contribution in [0.25, 0.3) is 11.0 Å². The lowest BCUT2D eigenvalue weighted by atomic mass is 10.2. The fourth-order valence-electron chi connectivity index (χ4n) is 3.75. The van der Waals surface area contributed by atoms with E-state index in [1.807, 2.05) is 42.5 Å². The number of anilines is 2. The second-order valence-corrected chi connectivity index (χ2v) is 9.09. The van der Waals surface area contributed by atoms with Gasteiger partial charge in [0, 0.05) is 48.3 Å². The Hall–Kier alpha value is -1.89. The number of hydrogen-bond donors (Lipinski definition) is 1. The SMILES string of the molecule is Clc1ccc(Br)c(CN2CCN(c3nc4ccccc4nc3NC3CC3)CC2)c1. The van der Waals surface area contributed by atoms with Gasteiger partial charge in [-0.2, -0.15) is 0 Å². The van der Waals surface area contributed by atoms with Crippen molar-refractivity contribution in [3.05, 3.63) is 57.5 Å². The summed E-state index contributed by atoms with van der Waals surface area (Å²) < 4.78 is 1.11. The molecule has 5 nitrogen and oxygen atoms in total. The van der Waals surface area contributed by atoms with E-state index < -0.39 is 0 Å². The van der Waals surface area contributed by atoms with Gasteiger partial charge in [-0.1, -0.05) is 39.7 Å². The summed E-state index contributed by atoms with van der Waals surface area (Å²) in [6.07, 6.45) is 2.44. The molecule has 2 aromatic carbocycles. The number of para-hydroxylation sites is 2. The topological polar surface area (TPSA) is 44.3 Å². The van der Waals surface area contributed by atoms with Gasteiger partial charge in [-0.25, -0.2) is 9.97 Å². The first-order chi connectivity index (χ1) is 14.2. The van der Waals surface area contributed by atoms with Crippen molar-refractivity contribution >= 4 is 50.2 Å². The molecule has 1 saturated heterocycles. The number of fused-ring (bicyclic) bond motifs is 1. The number of aromatic nitrogens is 2. The average molecular weight is 473 g/mol. The van der Waals surface area contributed by atoms with Crippen LogP contribution in [0.1, 0.15) is 18.4 Å². The lowest BCUT2D eigenvalue weighted by Crippen LogP contribution is -2.46. The molecule has 1 aliphatic carbocycles. The highest BCUT2D eigenvalue weighted by atomic mass is 79.9. The van der Waals surface area contributed by atoms with Crippen LogP contribution in [0.5, 0.6) is 0 Å². The van der Waals surface area contributed by atoms with Crippen LogP contribution >= 0.6 is 27.5 Å². The Kier molecular flexibility index (Phi) is 5.33. The van der Waals surface area contributed by atoms with Crippen molar-refractivity contribution in [3.8, 4) is 0 Å². The van der Waals surface area contributed by atoms with Crippen LogP contribution in [0.2, 0.25) is 5.02 Å². The van der Waals surface area contributed by atoms with Crippen LogP contribution in [0.15, 0.2) is 46.9 Å². The van der Waals surface area contributed by atoms with Gasteiger partial charge in [0.25, 0.3) is 0 Å². The Morgan fingerprint density at radius 3 is 2.45 bits per heavy atom. The summed E-state index contributed by atoms with van der Waals surface area (Å²) in [6, 6.07) is 14.6. The smallest absolute Gasteiger partial charge is 0.172 e. The van der Waals surface area contributed by atoms with E-state index in [4.69, 9.17) is 21.6 Å². The van der Waals surface area contributed by atoms with E-state index >= 15 is 0 Å². The van der Waals surface area contributed by atoms with E-state index in [9.17, 15) is 0 Å². The summed E-state index contributed by atoms with van der Waals surface area (Å²) >= 11 is 9.82. The van der Waals surface area contributed by atoms with Crippen molar-refractivity contribution in [2.24, 2.45) is 0 Å². The molecular formula is C22H23BrClN5. The third-order valence-electron chi connectivity index (χ3n) is 5.54. The van der Waals surface area contributed by atoms with E-state index in [0.29, 0.717) is 6.04 Å². The van der Waals surface area contributed by atoms with E-state index in [0.717, 1.165) is 64.9 Å². The number of nitrogens with zero attached hydrogens (tertiary/aromatic N) is 4.